The zero-order chi connectivity index (χ0) is 7.56. The summed E-state index contributed by atoms with van der Waals surface area (Å²) >= 11 is 2.49. The van der Waals surface area contributed by atoms with Crippen molar-refractivity contribution in [3.63, 3.8) is 0 Å². The summed E-state index contributed by atoms with van der Waals surface area (Å²) in [6.45, 7) is 4.47. The van der Waals surface area contributed by atoms with Crippen molar-refractivity contribution in [1.29, 1.82) is 0 Å². The first-order valence-corrected chi connectivity index (χ1v) is 4.87. The number of likely N-dealkylation sites (tertiary alicyclic amines) is 1. The van der Waals surface area contributed by atoms with Gasteiger partial charge < -0.3 is 4.90 Å². The molecule has 1 atom stereocenters. The zero-order valence-corrected chi connectivity index (χ0v) is 8.63. The summed E-state index contributed by atoms with van der Waals surface area (Å²) in [5.41, 5.74) is 0. The fraction of sp³-hybridized carbons (Fsp3) is 0.857. The molecule has 1 aliphatic rings. The first kappa shape index (κ1) is 8.30. The highest BCUT2D eigenvalue weighted by molar-refractivity contribution is 14.1. The molecular weight excluding hydrogens is 239 g/mol. The van der Waals surface area contributed by atoms with Crippen LogP contribution in [0.2, 0.25) is 0 Å². The highest BCUT2D eigenvalue weighted by atomic mass is 127. The molecule has 0 aromatic rings. The Morgan fingerprint density at radius 2 is 2.50 bits per heavy atom. The van der Waals surface area contributed by atoms with Gasteiger partial charge in [-0.3, -0.25) is 4.99 Å². The van der Waals surface area contributed by atoms with Gasteiger partial charge in [0.05, 0.1) is 5.84 Å². The number of hydrogen-bond acceptors (Lipinski definition) is 1. The lowest BCUT2D eigenvalue weighted by Gasteiger charge is -2.14. The van der Waals surface area contributed by atoms with Gasteiger partial charge in [0, 0.05) is 30.5 Å². The van der Waals surface area contributed by atoms with Gasteiger partial charge in [-0.15, -0.1) is 0 Å². The smallest absolute Gasteiger partial charge is 0.0996 e. The SMILES string of the molecule is CCN1CC(I)CC1=NC. The second-order valence-electron chi connectivity index (χ2n) is 2.48. The topological polar surface area (TPSA) is 15.6 Å². The molecule has 2 nitrogen and oxygen atoms in total. The van der Waals surface area contributed by atoms with Crippen molar-refractivity contribution in [2.24, 2.45) is 4.99 Å². The van der Waals surface area contributed by atoms with Crippen LogP contribution in [0.25, 0.3) is 0 Å². The van der Waals surface area contributed by atoms with Gasteiger partial charge in [0.25, 0.3) is 0 Å². The van der Waals surface area contributed by atoms with Crippen molar-refractivity contribution >= 4 is 28.4 Å². The fourth-order valence-corrected chi connectivity index (χ4v) is 2.15. The molecule has 3 heteroatoms. The maximum Gasteiger partial charge on any atom is 0.0996 e. The van der Waals surface area contributed by atoms with E-state index in [9.17, 15) is 0 Å². The standard InChI is InChI=1S/C7H13IN2/c1-3-10-5-6(8)4-7(10)9-2/h6H,3-5H2,1-2H3. The van der Waals surface area contributed by atoms with Crippen LogP contribution in [0.1, 0.15) is 13.3 Å². The first-order valence-electron chi connectivity index (χ1n) is 3.62. The van der Waals surface area contributed by atoms with Crippen LogP contribution in [0.3, 0.4) is 0 Å². The Labute approximate surface area is 75.8 Å². The summed E-state index contributed by atoms with van der Waals surface area (Å²) in [7, 11) is 1.88. The van der Waals surface area contributed by atoms with Gasteiger partial charge in [0.2, 0.25) is 0 Å². The summed E-state index contributed by atoms with van der Waals surface area (Å²) in [5.74, 6) is 1.28. The van der Waals surface area contributed by atoms with E-state index in [1.54, 1.807) is 0 Å². The third-order valence-electron chi connectivity index (χ3n) is 1.83. The van der Waals surface area contributed by atoms with Gasteiger partial charge in [0.15, 0.2) is 0 Å². The predicted molar refractivity (Wildman–Crippen MR) is 53.0 cm³/mol. The molecule has 1 saturated heterocycles. The van der Waals surface area contributed by atoms with E-state index in [-0.39, 0.29) is 0 Å². The van der Waals surface area contributed by atoms with Crippen LogP contribution < -0.4 is 0 Å². The van der Waals surface area contributed by atoms with Crippen molar-refractivity contribution < 1.29 is 0 Å². The molecule has 1 rings (SSSR count). The molecule has 1 aliphatic heterocycles. The molecule has 0 N–H and O–H groups in total. The van der Waals surface area contributed by atoms with Gasteiger partial charge in [0.1, 0.15) is 0 Å². The number of halogens is 1. The summed E-state index contributed by atoms with van der Waals surface area (Å²) in [5, 5.41) is 0. The Morgan fingerprint density at radius 1 is 1.80 bits per heavy atom. The quantitative estimate of drug-likeness (QED) is 0.510. The zero-order valence-electron chi connectivity index (χ0n) is 6.47. The lowest BCUT2D eigenvalue weighted by Crippen LogP contribution is -2.24. The Bertz CT molecular complexity index is 145. The van der Waals surface area contributed by atoms with Gasteiger partial charge in [-0.25, -0.2) is 0 Å². The number of rotatable bonds is 1. The highest BCUT2D eigenvalue weighted by Crippen LogP contribution is 2.18. The molecule has 0 radical (unpaired) electrons. The number of hydrogen-bond donors (Lipinski definition) is 0. The lowest BCUT2D eigenvalue weighted by molar-refractivity contribution is 0.485. The summed E-state index contributed by atoms with van der Waals surface area (Å²) in [6.07, 6.45) is 1.16. The normalized spacial score (nSPS) is 30.1. The van der Waals surface area contributed by atoms with E-state index in [2.05, 4.69) is 39.4 Å². The van der Waals surface area contributed by atoms with E-state index < -0.39 is 0 Å². The molecule has 0 spiro atoms. The molecule has 0 saturated carbocycles. The number of alkyl halides is 1. The summed E-state index contributed by atoms with van der Waals surface area (Å²) in [4.78, 5) is 6.57. The average molecular weight is 252 g/mol. The van der Waals surface area contributed by atoms with E-state index in [0.717, 1.165) is 16.9 Å². The average Bonchev–Trinajstić information content (AvgIpc) is 2.30. The number of aliphatic imine (C=N–C) groups is 1. The summed E-state index contributed by atoms with van der Waals surface area (Å²) in [6, 6.07) is 0. The van der Waals surface area contributed by atoms with Crippen molar-refractivity contribution in [2.45, 2.75) is 17.3 Å². The number of amidine groups is 1. The molecule has 0 bridgehead atoms. The minimum Gasteiger partial charge on any atom is -0.360 e. The Kier molecular flexibility index (Phi) is 2.95. The minimum atomic E-state index is 0.774. The van der Waals surface area contributed by atoms with Crippen LogP contribution in [0.15, 0.2) is 4.99 Å². The van der Waals surface area contributed by atoms with Gasteiger partial charge in [-0.05, 0) is 6.92 Å². The van der Waals surface area contributed by atoms with Crippen LogP contribution in [-0.2, 0) is 0 Å². The molecule has 0 amide bonds. The van der Waals surface area contributed by atoms with E-state index in [1.807, 2.05) is 7.05 Å². The minimum absolute atomic E-state index is 0.774. The lowest BCUT2D eigenvalue weighted by atomic mass is 10.4. The molecular formula is C7H13IN2. The molecule has 10 heavy (non-hydrogen) atoms. The molecule has 58 valence electrons. The third kappa shape index (κ3) is 1.62. The highest BCUT2D eigenvalue weighted by Gasteiger charge is 2.23. The maximum atomic E-state index is 4.23. The largest absolute Gasteiger partial charge is 0.360 e. The van der Waals surface area contributed by atoms with Crippen LogP contribution in [-0.4, -0.2) is 34.8 Å². The van der Waals surface area contributed by atoms with E-state index in [0.29, 0.717) is 0 Å². The maximum absolute atomic E-state index is 4.23. The van der Waals surface area contributed by atoms with Crippen molar-refractivity contribution in [1.82, 2.24) is 4.90 Å². The van der Waals surface area contributed by atoms with E-state index in [4.69, 9.17) is 0 Å². The summed E-state index contributed by atoms with van der Waals surface area (Å²) < 4.78 is 0.774. The van der Waals surface area contributed by atoms with Crippen LogP contribution in [0.5, 0.6) is 0 Å². The fourth-order valence-electron chi connectivity index (χ4n) is 1.28. The van der Waals surface area contributed by atoms with E-state index >= 15 is 0 Å². The van der Waals surface area contributed by atoms with Crippen LogP contribution >= 0.6 is 22.6 Å². The van der Waals surface area contributed by atoms with Crippen LogP contribution in [0.4, 0.5) is 0 Å². The molecule has 0 aromatic heterocycles. The first-order chi connectivity index (χ1) is 4.77. The molecule has 0 aliphatic carbocycles. The third-order valence-corrected chi connectivity index (χ3v) is 2.66. The van der Waals surface area contributed by atoms with Gasteiger partial charge >= 0.3 is 0 Å². The van der Waals surface area contributed by atoms with Gasteiger partial charge in [-0.2, -0.15) is 0 Å². The molecule has 1 heterocycles. The molecule has 1 fully saturated rings. The van der Waals surface area contributed by atoms with Crippen molar-refractivity contribution in [3.8, 4) is 0 Å². The second kappa shape index (κ2) is 3.55. The Hall–Kier alpha value is 0.200. The second-order valence-corrected chi connectivity index (χ2v) is 4.24. The Balaban J connectivity index is 2.58. The van der Waals surface area contributed by atoms with Gasteiger partial charge in [-0.1, -0.05) is 22.6 Å². The molecule has 0 aromatic carbocycles. The molecule has 1 unspecified atom stereocenters. The van der Waals surface area contributed by atoms with Crippen molar-refractivity contribution in [3.05, 3.63) is 0 Å². The monoisotopic (exact) mass is 252 g/mol. The van der Waals surface area contributed by atoms with E-state index in [1.165, 1.54) is 12.4 Å². The predicted octanol–water partition coefficient (Wildman–Crippen LogP) is 1.54. The Morgan fingerprint density at radius 3 is 2.90 bits per heavy atom. The van der Waals surface area contributed by atoms with Crippen molar-refractivity contribution in [2.75, 3.05) is 20.1 Å². The van der Waals surface area contributed by atoms with Crippen LogP contribution in [0, 0.1) is 0 Å². The number of nitrogens with zero attached hydrogens (tertiary/aromatic N) is 2.